The smallest absolute Gasteiger partial charge is 0.225 e. The van der Waals surface area contributed by atoms with Crippen LogP contribution in [0.25, 0.3) is 0 Å². The molecule has 1 N–H and O–H groups in total. The Balaban J connectivity index is 1.61. The first kappa shape index (κ1) is 16.7. The van der Waals surface area contributed by atoms with Crippen LogP contribution in [0, 0.1) is 0 Å². The van der Waals surface area contributed by atoms with E-state index >= 15 is 0 Å². The monoisotopic (exact) mass is 359 g/mol. The van der Waals surface area contributed by atoms with Crippen LogP contribution < -0.4 is 5.32 Å². The van der Waals surface area contributed by atoms with Crippen LogP contribution in [0.1, 0.15) is 10.4 Å². The number of benzene rings is 1. The van der Waals surface area contributed by atoms with Gasteiger partial charge in [0.15, 0.2) is 0 Å². The van der Waals surface area contributed by atoms with Gasteiger partial charge in [-0.1, -0.05) is 35.3 Å². The normalized spacial score (nSPS) is 10.6. The Hall–Kier alpha value is -0.680. The first-order valence-electron chi connectivity index (χ1n) is 6.46. The first-order chi connectivity index (χ1) is 10.1. The molecule has 0 aliphatic carbocycles. The number of carbonyl (C=O) groups is 1. The minimum Gasteiger partial charge on any atom is -0.355 e. The van der Waals surface area contributed by atoms with Crippen molar-refractivity contribution >= 4 is 52.2 Å². The van der Waals surface area contributed by atoms with Gasteiger partial charge >= 0.3 is 0 Å². The maximum Gasteiger partial charge on any atom is 0.225 e. The molecule has 6 heteroatoms. The number of amides is 1. The molecule has 21 heavy (non-hydrogen) atoms. The molecule has 1 aromatic carbocycles. The fraction of sp³-hybridized carbons (Fsp3) is 0.267. The Morgan fingerprint density at radius 2 is 2.10 bits per heavy atom. The SMILES string of the molecule is O=C(Cc1cccs1)NCCSCc1ccc(Cl)c(Cl)c1. The van der Waals surface area contributed by atoms with E-state index in [4.69, 9.17) is 23.2 Å². The number of rotatable bonds is 7. The van der Waals surface area contributed by atoms with Gasteiger partial charge in [-0.2, -0.15) is 11.8 Å². The molecule has 0 radical (unpaired) electrons. The Morgan fingerprint density at radius 3 is 2.81 bits per heavy atom. The molecule has 2 aromatic rings. The van der Waals surface area contributed by atoms with Crippen molar-refractivity contribution in [1.29, 1.82) is 0 Å². The summed E-state index contributed by atoms with van der Waals surface area (Å²) in [4.78, 5) is 12.8. The van der Waals surface area contributed by atoms with Crippen molar-refractivity contribution in [3.05, 3.63) is 56.2 Å². The zero-order valence-electron chi connectivity index (χ0n) is 11.3. The summed E-state index contributed by atoms with van der Waals surface area (Å²) < 4.78 is 0. The summed E-state index contributed by atoms with van der Waals surface area (Å²) in [6, 6.07) is 9.59. The van der Waals surface area contributed by atoms with Gasteiger partial charge in [0.05, 0.1) is 16.5 Å². The summed E-state index contributed by atoms with van der Waals surface area (Å²) in [6.45, 7) is 0.677. The topological polar surface area (TPSA) is 29.1 Å². The predicted molar refractivity (Wildman–Crippen MR) is 93.7 cm³/mol. The predicted octanol–water partition coefficient (Wildman–Crippen LogP) is 4.65. The quantitative estimate of drug-likeness (QED) is 0.729. The average molecular weight is 360 g/mol. The van der Waals surface area contributed by atoms with E-state index < -0.39 is 0 Å². The Bertz CT molecular complexity index is 587. The first-order valence-corrected chi connectivity index (χ1v) is 9.25. The van der Waals surface area contributed by atoms with Gasteiger partial charge in [0.2, 0.25) is 5.91 Å². The summed E-state index contributed by atoms with van der Waals surface area (Å²) in [7, 11) is 0. The summed E-state index contributed by atoms with van der Waals surface area (Å²) in [5.74, 6) is 1.81. The lowest BCUT2D eigenvalue weighted by molar-refractivity contribution is -0.120. The molecule has 0 spiro atoms. The highest BCUT2D eigenvalue weighted by Crippen LogP contribution is 2.24. The van der Waals surface area contributed by atoms with Gasteiger partial charge in [0.1, 0.15) is 0 Å². The molecular weight excluding hydrogens is 345 g/mol. The summed E-state index contributed by atoms with van der Waals surface area (Å²) >= 11 is 15.2. The van der Waals surface area contributed by atoms with Crippen LogP contribution >= 0.6 is 46.3 Å². The second kappa shape index (κ2) is 8.69. The van der Waals surface area contributed by atoms with Crippen molar-refractivity contribution in [2.24, 2.45) is 0 Å². The molecule has 0 aliphatic rings. The van der Waals surface area contributed by atoms with Gasteiger partial charge in [-0.05, 0) is 29.1 Å². The minimum atomic E-state index is 0.0765. The van der Waals surface area contributed by atoms with Crippen molar-refractivity contribution in [2.45, 2.75) is 12.2 Å². The Labute approximate surface area is 142 Å². The molecule has 112 valence electrons. The van der Waals surface area contributed by atoms with E-state index in [0.717, 1.165) is 21.9 Å². The maximum atomic E-state index is 11.7. The number of hydrogen-bond donors (Lipinski definition) is 1. The van der Waals surface area contributed by atoms with Crippen LogP contribution in [0.5, 0.6) is 0 Å². The van der Waals surface area contributed by atoms with Crippen LogP contribution in [0.4, 0.5) is 0 Å². The molecule has 1 amide bonds. The molecule has 0 atom stereocenters. The van der Waals surface area contributed by atoms with Gasteiger partial charge in [-0.25, -0.2) is 0 Å². The van der Waals surface area contributed by atoms with Gasteiger partial charge in [-0.3, -0.25) is 4.79 Å². The van der Waals surface area contributed by atoms with E-state index in [-0.39, 0.29) is 5.91 Å². The van der Waals surface area contributed by atoms with Crippen LogP contribution in [-0.2, 0) is 17.0 Å². The Morgan fingerprint density at radius 1 is 1.24 bits per heavy atom. The van der Waals surface area contributed by atoms with Crippen molar-refractivity contribution < 1.29 is 4.79 Å². The van der Waals surface area contributed by atoms with Gasteiger partial charge in [-0.15, -0.1) is 11.3 Å². The molecule has 0 bridgehead atoms. The lowest BCUT2D eigenvalue weighted by Gasteiger charge is -2.05. The average Bonchev–Trinajstić information content (AvgIpc) is 2.95. The lowest BCUT2D eigenvalue weighted by Crippen LogP contribution is -2.27. The molecule has 2 rings (SSSR count). The van der Waals surface area contributed by atoms with Crippen LogP contribution in [0.15, 0.2) is 35.7 Å². The molecule has 1 aromatic heterocycles. The van der Waals surface area contributed by atoms with E-state index in [0.29, 0.717) is 23.0 Å². The number of carbonyl (C=O) groups excluding carboxylic acids is 1. The van der Waals surface area contributed by atoms with E-state index in [1.165, 1.54) is 0 Å². The highest BCUT2D eigenvalue weighted by atomic mass is 35.5. The maximum absolute atomic E-state index is 11.7. The van der Waals surface area contributed by atoms with Crippen molar-refractivity contribution in [3.63, 3.8) is 0 Å². The summed E-state index contributed by atoms with van der Waals surface area (Å²) in [5, 5.41) is 6.07. The second-order valence-corrected chi connectivity index (χ2v) is 7.36. The van der Waals surface area contributed by atoms with Crippen LogP contribution in [0.3, 0.4) is 0 Å². The van der Waals surface area contributed by atoms with Gasteiger partial charge in [0.25, 0.3) is 0 Å². The number of hydrogen-bond acceptors (Lipinski definition) is 3. The molecule has 0 fully saturated rings. The lowest BCUT2D eigenvalue weighted by atomic mass is 10.2. The molecule has 0 saturated carbocycles. The van der Waals surface area contributed by atoms with Crippen LogP contribution in [0.2, 0.25) is 10.0 Å². The number of thioether (sulfide) groups is 1. The van der Waals surface area contributed by atoms with E-state index in [9.17, 15) is 4.79 Å². The molecule has 2 nitrogen and oxygen atoms in total. The van der Waals surface area contributed by atoms with Gasteiger partial charge in [0, 0.05) is 22.9 Å². The third kappa shape index (κ3) is 5.91. The van der Waals surface area contributed by atoms with Crippen molar-refractivity contribution in [2.75, 3.05) is 12.3 Å². The van der Waals surface area contributed by atoms with Crippen molar-refractivity contribution in [3.8, 4) is 0 Å². The summed E-state index contributed by atoms with van der Waals surface area (Å²) in [5.41, 5.74) is 1.14. The standard InChI is InChI=1S/C15H15Cl2NOS2/c16-13-4-3-11(8-14(13)17)10-20-7-5-18-15(19)9-12-2-1-6-21-12/h1-4,6,8H,5,7,9-10H2,(H,18,19). The summed E-state index contributed by atoms with van der Waals surface area (Å²) in [6.07, 6.45) is 0.467. The fourth-order valence-electron chi connectivity index (χ4n) is 1.72. The molecule has 0 saturated heterocycles. The third-order valence-corrected chi connectivity index (χ3v) is 5.38. The van der Waals surface area contributed by atoms with Crippen LogP contribution in [-0.4, -0.2) is 18.2 Å². The number of nitrogens with one attached hydrogen (secondary N) is 1. The highest BCUT2D eigenvalue weighted by molar-refractivity contribution is 7.98. The Kier molecular flexibility index (Phi) is 6.90. The molecule has 1 heterocycles. The second-order valence-electron chi connectivity index (χ2n) is 4.41. The van der Waals surface area contributed by atoms with E-state index in [1.807, 2.05) is 35.7 Å². The number of thiophene rings is 1. The zero-order chi connectivity index (χ0) is 15.1. The molecular formula is C15H15Cl2NOS2. The molecule has 0 aliphatic heterocycles. The largest absolute Gasteiger partial charge is 0.355 e. The minimum absolute atomic E-state index is 0.0765. The van der Waals surface area contributed by atoms with Gasteiger partial charge < -0.3 is 5.32 Å². The van der Waals surface area contributed by atoms with E-state index in [2.05, 4.69) is 5.32 Å². The van der Waals surface area contributed by atoms with E-state index in [1.54, 1.807) is 23.1 Å². The third-order valence-electron chi connectivity index (χ3n) is 2.74. The highest BCUT2D eigenvalue weighted by Gasteiger charge is 2.04. The van der Waals surface area contributed by atoms with Crippen molar-refractivity contribution in [1.82, 2.24) is 5.32 Å². The fourth-order valence-corrected chi connectivity index (χ4v) is 3.55. The number of halogens is 2. The molecule has 0 unspecified atom stereocenters. The zero-order valence-corrected chi connectivity index (χ0v) is 14.4.